The summed E-state index contributed by atoms with van der Waals surface area (Å²) in [5.41, 5.74) is 0. The van der Waals surface area contributed by atoms with Gasteiger partial charge < -0.3 is 4.90 Å². The van der Waals surface area contributed by atoms with Crippen LogP contribution in [-0.4, -0.2) is 41.6 Å². The van der Waals surface area contributed by atoms with Crippen molar-refractivity contribution in [3.63, 3.8) is 0 Å². The average Bonchev–Trinajstić information content (AvgIpc) is 2.67. The molecule has 1 amide bonds. The normalized spacial score (nSPS) is 26.1. The third-order valence-corrected chi connectivity index (χ3v) is 4.52. The fourth-order valence-corrected chi connectivity index (χ4v) is 2.90. The molecule has 0 bridgehead atoms. The minimum Gasteiger partial charge on any atom is -0.325 e. The number of nitrogens with zero attached hydrogens (tertiary/aromatic N) is 1. The fourth-order valence-electron chi connectivity index (χ4n) is 2.49. The Morgan fingerprint density at radius 2 is 2.06 bits per heavy atom. The topological polar surface area (TPSA) is 32.3 Å². The van der Waals surface area contributed by atoms with Gasteiger partial charge in [-0.3, -0.25) is 10.1 Å². The standard InChI is InChI=1S/C14H28N2OS/c1-6-11(4)12-14(17)16(8-7-9-18-5)13(15-12)10(2)3/h10-13,15H,6-9H2,1-5H3. The lowest BCUT2D eigenvalue weighted by Gasteiger charge is -2.27. The Balaban J connectivity index is 2.68. The zero-order valence-electron chi connectivity index (χ0n) is 12.4. The smallest absolute Gasteiger partial charge is 0.241 e. The van der Waals surface area contributed by atoms with Crippen LogP contribution >= 0.6 is 11.8 Å². The van der Waals surface area contributed by atoms with Gasteiger partial charge in [-0.1, -0.05) is 34.1 Å². The summed E-state index contributed by atoms with van der Waals surface area (Å²) >= 11 is 1.85. The Bertz CT molecular complexity index is 271. The number of thioether (sulfide) groups is 1. The van der Waals surface area contributed by atoms with Crippen LogP contribution in [0.2, 0.25) is 0 Å². The monoisotopic (exact) mass is 272 g/mol. The largest absolute Gasteiger partial charge is 0.325 e. The lowest BCUT2D eigenvalue weighted by molar-refractivity contribution is -0.131. The third-order valence-electron chi connectivity index (χ3n) is 3.83. The van der Waals surface area contributed by atoms with E-state index < -0.39 is 0 Å². The van der Waals surface area contributed by atoms with Gasteiger partial charge >= 0.3 is 0 Å². The molecule has 1 aliphatic heterocycles. The first-order chi connectivity index (χ1) is 8.52. The molecule has 4 heteroatoms. The van der Waals surface area contributed by atoms with Gasteiger partial charge in [0.1, 0.15) is 0 Å². The summed E-state index contributed by atoms with van der Waals surface area (Å²) in [5, 5.41) is 3.54. The summed E-state index contributed by atoms with van der Waals surface area (Å²) in [6.45, 7) is 9.58. The van der Waals surface area contributed by atoms with E-state index in [2.05, 4.69) is 44.2 Å². The predicted molar refractivity (Wildman–Crippen MR) is 79.7 cm³/mol. The number of amides is 1. The molecule has 1 N–H and O–H groups in total. The van der Waals surface area contributed by atoms with E-state index in [4.69, 9.17) is 0 Å². The van der Waals surface area contributed by atoms with Gasteiger partial charge in [0.05, 0.1) is 12.2 Å². The van der Waals surface area contributed by atoms with Gasteiger partial charge in [0.25, 0.3) is 0 Å². The highest BCUT2D eigenvalue weighted by Gasteiger charge is 2.41. The number of rotatable bonds is 7. The van der Waals surface area contributed by atoms with Gasteiger partial charge in [-0.2, -0.15) is 11.8 Å². The van der Waals surface area contributed by atoms with Crippen molar-refractivity contribution in [1.82, 2.24) is 10.2 Å². The molecule has 3 atom stereocenters. The predicted octanol–water partition coefficient (Wildman–Crippen LogP) is 2.57. The molecule has 0 aliphatic carbocycles. The van der Waals surface area contributed by atoms with Gasteiger partial charge in [0.15, 0.2) is 0 Å². The van der Waals surface area contributed by atoms with Crippen LogP contribution in [0.1, 0.15) is 40.5 Å². The zero-order chi connectivity index (χ0) is 13.7. The molecule has 1 aliphatic rings. The van der Waals surface area contributed by atoms with Gasteiger partial charge in [-0.05, 0) is 30.3 Å². The summed E-state index contributed by atoms with van der Waals surface area (Å²) in [7, 11) is 0. The lowest BCUT2D eigenvalue weighted by atomic mass is 9.99. The van der Waals surface area contributed by atoms with Gasteiger partial charge in [-0.25, -0.2) is 0 Å². The van der Waals surface area contributed by atoms with E-state index in [0.717, 1.165) is 25.1 Å². The second-order valence-corrected chi connectivity index (χ2v) is 6.58. The quantitative estimate of drug-likeness (QED) is 0.723. The van der Waals surface area contributed by atoms with Crippen molar-refractivity contribution in [1.29, 1.82) is 0 Å². The molecule has 1 fully saturated rings. The van der Waals surface area contributed by atoms with E-state index >= 15 is 0 Å². The van der Waals surface area contributed by atoms with Crippen molar-refractivity contribution in [3.05, 3.63) is 0 Å². The molecule has 0 aromatic carbocycles. The van der Waals surface area contributed by atoms with Crippen LogP contribution in [0.3, 0.4) is 0 Å². The Kier molecular flexibility index (Phi) is 6.50. The number of nitrogens with one attached hydrogen (secondary N) is 1. The molecule has 1 saturated heterocycles. The molecule has 0 aromatic rings. The van der Waals surface area contributed by atoms with Gasteiger partial charge in [0, 0.05) is 6.54 Å². The second-order valence-electron chi connectivity index (χ2n) is 5.60. The fraction of sp³-hybridized carbons (Fsp3) is 0.929. The van der Waals surface area contributed by atoms with Crippen LogP contribution in [0, 0.1) is 11.8 Å². The lowest BCUT2D eigenvalue weighted by Crippen LogP contribution is -2.42. The SMILES string of the molecule is CCC(C)C1NC(C(C)C)N(CCCSC)C1=O. The maximum absolute atomic E-state index is 12.5. The first-order valence-electron chi connectivity index (χ1n) is 7.08. The molecule has 1 heterocycles. The highest BCUT2D eigenvalue weighted by atomic mass is 32.2. The molecule has 0 aromatic heterocycles. The Hall–Kier alpha value is -0.220. The van der Waals surface area contributed by atoms with Gasteiger partial charge in [0.2, 0.25) is 5.91 Å². The van der Waals surface area contributed by atoms with E-state index in [1.807, 2.05) is 11.8 Å². The van der Waals surface area contributed by atoms with Crippen molar-refractivity contribution in [2.24, 2.45) is 11.8 Å². The number of carbonyl (C=O) groups excluding carboxylic acids is 1. The molecule has 3 nitrogen and oxygen atoms in total. The molecule has 0 spiro atoms. The molecule has 106 valence electrons. The van der Waals surface area contributed by atoms with Crippen molar-refractivity contribution < 1.29 is 4.79 Å². The number of hydrogen-bond acceptors (Lipinski definition) is 3. The third kappa shape index (κ3) is 3.64. The maximum Gasteiger partial charge on any atom is 0.241 e. The summed E-state index contributed by atoms with van der Waals surface area (Å²) in [6.07, 6.45) is 4.47. The van der Waals surface area contributed by atoms with Crippen LogP contribution in [0.5, 0.6) is 0 Å². The molecular formula is C14H28N2OS. The Morgan fingerprint density at radius 1 is 1.39 bits per heavy atom. The van der Waals surface area contributed by atoms with Crippen molar-refractivity contribution in [2.45, 2.75) is 52.7 Å². The van der Waals surface area contributed by atoms with E-state index in [-0.39, 0.29) is 12.2 Å². The first-order valence-corrected chi connectivity index (χ1v) is 8.47. The molecule has 18 heavy (non-hydrogen) atoms. The average molecular weight is 272 g/mol. The minimum atomic E-state index is 0.0247. The Labute approximate surface area is 116 Å². The van der Waals surface area contributed by atoms with E-state index in [1.165, 1.54) is 0 Å². The Morgan fingerprint density at radius 3 is 2.56 bits per heavy atom. The minimum absolute atomic E-state index is 0.0247. The molecule has 3 unspecified atom stereocenters. The summed E-state index contributed by atoms with van der Waals surface area (Å²) < 4.78 is 0. The van der Waals surface area contributed by atoms with Crippen LogP contribution in [-0.2, 0) is 4.79 Å². The van der Waals surface area contributed by atoms with Crippen LogP contribution in [0.4, 0.5) is 0 Å². The number of carbonyl (C=O) groups is 1. The first kappa shape index (κ1) is 15.8. The van der Waals surface area contributed by atoms with Gasteiger partial charge in [-0.15, -0.1) is 0 Å². The number of hydrogen-bond donors (Lipinski definition) is 1. The van der Waals surface area contributed by atoms with E-state index in [9.17, 15) is 4.79 Å². The van der Waals surface area contributed by atoms with Crippen molar-refractivity contribution in [2.75, 3.05) is 18.6 Å². The van der Waals surface area contributed by atoms with Crippen LogP contribution in [0.15, 0.2) is 0 Å². The summed E-state index contributed by atoms with van der Waals surface area (Å²) in [6, 6.07) is 0.0247. The van der Waals surface area contributed by atoms with Crippen molar-refractivity contribution in [3.8, 4) is 0 Å². The molecule has 1 rings (SSSR count). The second kappa shape index (κ2) is 7.39. The van der Waals surface area contributed by atoms with E-state index in [1.54, 1.807) is 0 Å². The highest BCUT2D eigenvalue weighted by Crippen LogP contribution is 2.23. The summed E-state index contributed by atoms with van der Waals surface area (Å²) in [5.74, 6) is 2.33. The van der Waals surface area contributed by atoms with E-state index in [0.29, 0.717) is 17.7 Å². The van der Waals surface area contributed by atoms with Crippen molar-refractivity contribution >= 4 is 17.7 Å². The maximum atomic E-state index is 12.5. The highest BCUT2D eigenvalue weighted by molar-refractivity contribution is 7.98. The van der Waals surface area contributed by atoms with Crippen LogP contribution in [0.25, 0.3) is 0 Å². The molecule has 0 saturated carbocycles. The molecular weight excluding hydrogens is 244 g/mol. The molecule has 0 radical (unpaired) electrons. The zero-order valence-corrected chi connectivity index (χ0v) is 13.2. The summed E-state index contributed by atoms with van der Waals surface area (Å²) in [4.78, 5) is 14.5. The van der Waals surface area contributed by atoms with Crippen LogP contribution < -0.4 is 5.32 Å².